The average molecular weight is 276 g/mol. The molecule has 1 aromatic rings. The number of nitrogens with two attached hydrogens (primary N) is 1. The molecule has 0 unspecified atom stereocenters. The Morgan fingerprint density at radius 3 is 2.35 bits per heavy atom. The second-order valence-corrected chi connectivity index (χ2v) is 5.33. The van der Waals surface area contributed by atoms with E-state index in [1.165, 1.54) is 0 Å². The van der Waals surface area contributed by atoms with E-state index < -0.39 is 0 Å². The Bertz CT molecular complexity index is 396. The summed E-state index contributed by atoms with van der Waals surface area (Å²) in [5.74, 6) is 0.273. The number of aryl methyl sites for hydroxylation is 1. The molecule has 0 radical (unpaired) electrons. The van der Waals surface area contributed by atoms with Gasteiger partial charge in [0.2, 0.25) is 5.91 Å². The van der Waals surface area contributed by atoms with Gasteiger partial charge in [-0.1, -0.05) is 38.8 Å². The number of unbranched alkanes of at least 4 members (excludes halogenated alkanes) is 2. The van der Waals surface area contributed by atoms with Crippen LogP contribution < -0.4 is 5.73 Å². The number of nitrogens with zero attached hydrogens (tertiary/aromatic N) is 1. The molecule has 112 valence electrons. The molecule has 0 aliphatic heterocycles. The Labute approximate surface area is 123 Å². The summed E-state index contributed by atoms with van der Waals surface area (Å²) in [4.78, 5) is 14.3. The van der Waals surface area contributed by atoms with Crippen molar-refractivity contribution in [2.45, 2.75) is 52.4 Å². The summed E-state index contributed by atoms with van der Waals surface area (Å²) < 4.78 is 0. The van der Waals surface area contributed by atoms with Gasteiger partial charge in [-0.2, -0.15) is 0 Å². The molecule has 0 spiro atoms. The van der Waals surface area contributed by atoms with Gasteiger partial charge >= 0.3 is 0 Å². The van der Waals surface area contributed by atoms with Crippen LogP contribution in [0.25, 0.3) is 0 Å². The Hall–Kier alpha value is -1.51. The van der Waals surface area contributed by atoms with Crippen molar-refractivity contribution in [2.24, 2.45) is 0 Å². The zero-order chi connectivity index (χ0) is 14.8. The molecule has 2 N–H and O–H groups in total. The standard InChI is InChI=1S/C17H28N2O/c1-3-5-12-19(13-6-4-2)17(20)11-10-15-8-7-9-16(18)14-15/h7-9,14H,3-6,10-13,18H2,1-2H3. The predicted molar refractivity (Wildman–Crippen MR) is 85.6 cm³/mol. The van der Waals surface area contributed by atoms with E-state index in [4.69, 9.17) is 5.73 Å². The molecule has 0 fully saturated rings. The summed E-state index contributed by atoms with van der Waals surface area (Å²) in [5, 5.41) is 0. The molecule has 3 nitrogen and oxygen atoms in total. The van der Waals surface area contributed by atoms with Crippen molar-refractivity contribution >= 4 is 11.6 Å². The van der Waals surface area contributed by atoms with E-state index in [1.807, 2.05) is 29.2 Å². The topological polar surface area (TPSA) is 46.3 Å². The zero-order valence-corrected chi connectivity index (χ0v) is 12.9. The second kappa shape index (κ2) is 9.40. The molecule has 0 saturated heterocycles. The van der Waals surface area contributed by atoms with Crippen LogP contribution in [-0.4, -0.2) is 23.9 Å². The Kier molecular flexibility index (Phi) is 7.78. The summed E-state index contributed by atoms with van der Waals surface area (Å²) in [7, 11) is 0. The minimum Gasteiger partial charge on any atom is -0.399 e. The summed E-state index contributed by atoms with van der Waals surface area (Å²) in [6.07, 6.45) is 5.80. The maximum absolute atomic E-state index is 12.3. The van der Waals surface area contributed by atoms with Gasteiger partial charge in [0.1, 0.15) is 0 Å². The van der Waals surface area contributed by atoms with E-state index in [9.17, 15) is 4.79 Å². The van der Waals surface area contributed by atoms with Crippen molar-refractivity contribution in [3.05, 3.63) is 29.8 Å². The fourth-order valence-corrected chi connectivity index (χ4v) is 2.22. The van der Waals surface area contributed by atoms with Crippen LogP contribution in [0.4, 0.5) is 5.69 Å². The SMILES string of the molecule is CCCCN(CCCC)C(=O)CCc1cccc(N)c1. The third-order valence-corrected chi connectivity index (χ3v) is 3.49. The Morgan fingerprint density at radius 1 is 1.15 bits per heavy atom. The third-order valence-electron chi connectivity index (χ3n) is 3.49. The lowest BCUT2D eigenvalue weighted by molar-refractivity contribution is -0.131. The van der Waals surface area contributed by atoms with Gasteiger partial charge < -0.3 is 10.6 Å². The molecule has 3 heteroatoms. The number of hydrogen-bond acceptors (Lipinski definition) is 2. The maximum atomic E-state index is 12.3. The van der Waals surface area contributed by atoms with Crippen LogP contribution in [0, 0.1) is 0 Å². The number of anilines is 1. The number of benzene rings is 1. The van der Waals surface area contributed by atoms with Crippen molar-refractivity contribution < 1.29 is 4.79 Å². The minimum atomic E-state index is 0.273. The lowest BCUT2D eigenvalue weighted by atomic mass is 10.1. The Morgan fingerprint density at radius 2 is 1.80 bits per heavy atom. The fourth-order valence-electron chi connectivity index (χ4n) is 2.22. The maximum Gasteiger partial charge on any atom is 0.222 e. The first-order valence-corrected chi connectivity index (χ1v) is 7.79. The molecule has 1 amide bonds. The normalized spacial score (nSPS) is 10.5. The van der Waals surface area contributed by atoms with Crippen LogP contribution in [0.2, 0.25) is 0 Å². The predicted octanol–water partition coefficient (Wildman–Crippen LogP) is 3.63. The average Bonchev–Trinajstić information content (AvgIpc) is 2.45. The quantitative estimate of drug-likeness (QED) is 0.700. The molecule has 0 atom stereocenters. The van der Waals surface area contributed by atoms with E-state index in [2.05, 4.69) is 13.8 Å². The van der Waals surface area contributed by atoms with Gasteiger partial charge in [0.05, 0.1) is 0 Å². The van der Waals surface area contributed by atoms with Crippen molar-refractivity contribution in [1.29, 1.82) is 0 Å². The van der Waals surface area contributed by atoms with E-state index in [0.29, 0.717) is 6.42 Å². The van der Waals surface area contributed by atoms with Gasteiger partial charge in [-0.15, -0.1) is 0 Å². The van der Waals surface area contributed by atoms with Gasteiger partial charge in [0.15, 0.2) is 0 Å². The molecule has 0 aliphatic rings. The van der Waals surface area contributed by atoms with Crippen molar-refractivity contribution in [2.75, 3.05) is 18.8 Å². The highest BCUT2D eigenvalue weighted by Gasteiger charge is 2.12. The third kappa shape index (κ3) is 6.09. The first-order chi connectivity index (χ1) is 9.67. The molecule has 0 aliphatic carbocycles. The number of carbonyl (C=O) groups excluding carboxylic acids is 1. The van der Waals surface area contributed by atoms with Gasteiger partial charge in [-0.3, -0.25) is 4.79 Å². The second-order valence-electron chi connectivity index (χ2n) is 5.33. The van der Waals surface area contributed by atoms with E-state index >= 15 is 0 Å². The highest BCUT2D eigenvalue weighted by atomic mass is 16.2. The molecule has 20 heavy (non-hydrogen) atoms. The number of hydrogen-bond donors (Lipinski definition) is 1. The van der Waals surface area contributed by atoms with Crippen molar-refractivity contribution in [1.82, 2.24) is 4.90 Å². The number of amides is 1. The Balaban J connectivity index is 2.47. The molecular weight excluding hydrogens is 248 g/mol. The van der Waals surface area contributed by atoms with Crippen LogP contribution in [0.3, 0.4) is 0 Å². The lowest BCUT2D eigenvalue weighted by Gasteiger charge is -2.22. The van der Waals surface area contributed by atoms with E-state index in [0.717, 1.165) is 56.4 Å². The van der Waals surface area contributed by atoms with Gasteiger partial charge in [-0.05, 0) is 37.0 Å². The molecule has 1 aromatic carbocycles. The van der Waals surface area contributed by atoms with Crippen LogP contribution in [0.1, 0.15) is 51.5 Å². The van der Waals surface area contributed by atoms with Gasteiger partial charge in [0, 0.05) is 25.2 Å². The molecule has 0 saturated carbocycles. The summed E-state index contributed by atoms with van der Waals surface area (Å²) in [5.41, 5.74) is 7.67. The monoisotopic (exact) mass is 276 g/mol. The van der Waals surface area contributed by atoms with Gasteiger partial charge in [-0.25, -0.2) is 0 Å². The molecular formula is C17H28N2O. The van der Waals surface area contributed by atoms with Crippen molar-refractivity contribution in [3.63, 3.8) is 0 Å². The smallest absolute Gasteiger partial charge is 0.222 e. The van der Waals surface area contributed by atoms with E-state index in [-0.39, 0.29) is 5.91 Å². The molecule has 1 rings (SSSR count). The lowest BCUT2D eigenvalue weighted by Crippen LogP contribution is -2.33. The van der Waals surface area contributed by atoms with Crippen LogP contribution in [0.15, 0.2) is 24.3 Å². The molecule has 0 bridgehead atoms. The molecule has 0 aromatic heterocycles. The van der Waals surface area contributed by atoms with E-state index in [1.54, 1.807) is 0 Å². The van der Waals surface area contributed by atoms with Crippen molar-refractivity contribution in [3.8, 4) is 0 Å². The fraction of sp³-hybridized carbons (Fsp3) is 0.588. The van der Waals surface area contributed by atoms with Crippen LogP contribution >= 0.6 is 0 Å². The summed E-state index contributed by atoms with van der Waals surface area (Å²) in [6.45, 7) is 6.11. The van der Waals surface area contributed by atoms with Gasteiger partial charge in [0.25, 0.3) is 0 Å². The van der Waals surface area contributed by atoms with Crippen LogP contribution in [-0.2, 0) is 11.2 Å². The summed E-state index contributed by atoms with van der Waals surface area (Å²) >= 11 is 0. The minimum absolute atomic E-state index is 0.273. The largest absolute Gasteiger partial charge is 0.399 e. The summed E-state index contributed by atoms with van der Waals surface area (Å²) in [6, 6.07) is 7.81. The molecule has 0 heterocycles. The first kappa shape index (κ1) is 16.5. The van der Waals surface area contributed by atoms with Crippen LogP contribution in [0.5, 0.6) is 0 Å². The first-order valence-electron chi connectivity index (χ1n) is 7.79. The number of rotatable bonds is 9. The zero-order valence-electron chi connectivity index (χ0n) is 12.9. The number of carbonyl (C=O) groups is 1. The highest BCUT2D eigenvalue weighted by molar-refractivity contribution is 5.76. The number of nitrogen functional groups attached to an aromatic ring is 1. The highest BCUT2D eigenvalue weighted by Crippen LogP contribution is 2.10.